The Bertz CT molecular complexity index is 475. The molecule has 1 aromatic carbocycles. The van der Waals surface area contributed by atoms with Crippen LogP contribution in [0, 0.1) is 10.1 Å². The number of carbonyl (C=O) groups is 1. The van der Waals surface area contributed by atoms with Gasteiger partial charge in [0.05, 0.1) is 9.83 Å². The van der Waals surface area contributed by atoms with Crippen molar-refractivity contribution in [2.75, 3.05) is 0 Å². The van der Waals surface area contributed by atoms with Crippen LogP contribution in [-0.2, 0) is 4.79 Å². The molecule has 0 aliphatic carbocycles. The molecule has 0 unspecified atom stereocenters. The van der Waals surface area contributed by atoms with E-state index in [4.69, 9.17) is 0 Å². The lowest BCUT2D eigenvalue weighted by Gasteiger charge is -2.04. The van der Waals surface area contributed by atoms with Crippen LogP contribution in [-0.4, -0.2) is 15.8 Å². The van der Waals surface area contributed by atoms with Gasteiger partial charge in [-0.25, -0.2) is 0 Å². The van der Waals surface area contributed by atoms with E-state index in [1.54, 1.807) is 0 Å². The summed E-state index contributed by atoms with van der Waals surface area (Å²) in [5, 5.41) is 19.8. The first kappa shape index (κ1) is 13.2. The van der Waals surface area contributed by atoms with Crippen molar-refractivity contribution in [3.8, 4) is 0 Å². The molecule has 0 bridgehead atoms. The van der Waals surface area contributed by atoms with Crippen LogP contribution in [0.15, 0.2) is 39.8 Å². The van der Waals surface area contributed by atoms with E-state index in [9.17, 15) is 20.0 Å². The largest absolute Gasteiger partial charge is 0.511 e. The van der Waals surface area contributed by atoms with E-state index in [0.29, 0.717) is 4.90 Å². The SMILES string of the molecule is CC(=O)C(Sc1ccc([N+](=O)[O-])cc1)=C(C)O. The monoisotopic (exact) mass is 253 g/mol. The van der Waals surface area contributed by atoms with Crippen molar-refractivity contribution in [3.05, 3.63) is 45.0 Å². The van der Waals surface area contributed by atoms with Crippen LogP contribution in [0.25, 0.3) is 0 Å². The first-order valence-corrected chi connectivity index (χ1v) is 5.56. The Morgan fingerprint density at radius 3 is 2.18 bits per heavy atom. The van der Waals surface area contributed by atoms with Crippen molar-refractivity contribution >= 4 is 23.2 Å². The maximum absolute atomic E-state index is 11.2. The third-order valence-corrected chi connectivity index (χ3v) is 3.21. The second-order valence-electron chi connectivity index (χ2n) is 3.32. The molecule has 0 amide bonds. The van der Waals surface area contributed by atoms with Gasteiger partial charge in [-0.1, -0.05) is 11.8 Å². The van der Waals surface area contributed by atoms with Gasteiger partial charge in [0, 0.05) is 17.0 Å². The fourth-order valence-electron chi connectivity index (χ4n) is 1.15. The highest BCUT2D eigenvalue weighted by molar-refractivity contribution is 8.04. The molecular formula is C11H11NO4S. The van der Waals surface area contributed by atoms with Crippen molar-refractivity contribution < 1.29 is 14.8 Å². The molecule has 0 aliphatic rings. The van der Waals surface area contributed by atoms with Crippen LogP contribution < -0.4 is 0 Å². The molecule has 0 aliphatic heterocycles. The van der Waals surface area contributed by atoms with Gasteiger partial charge in [0.2, 0.25) is 0 Å². The van der Waals surface area contributed by atoms with Gasteiger partial charge in [-0.05, 0) is 26.0 Å². The third-order valence-electron chi connectivity index (χ3n) is 1.92. The van der Waals surface area contributed by atoms with E-state index in [1.165, 1.54) is 38.1 Å². The van der Waals surface area contributed by atoms with Crippen LogP contribution in [0.1, 0.15) is 13.8 Å². The molecule has 1 N–H and O–H groups in total. The fraction of sp³-hybridized carbons (Fsp3) is 0.182. The summed E-state index contributed by atoms with van der Waals surface area (Å²) in [5.41, 5.74) is -0.0107. The van der Waals surface area contributed by atoms with E-state index in [1.807, 2.05) is 0 Å². The first-order valence-electron chi connectivity index (χ1n) is 4.75. The Hall–Kier alpha value is -1.82. The highest BCUT2D eigenvalue weighted by atomic mass is 32.2. The molecule has 0 saturated heterocycles. The normalized spacial score (nSPS) is 11.9. The lowest BCUT2D eigenvalue weighted by molar-refractivity contribution is -0.384. The van der Waals surface area contributed by atoms with Crippen molar-refractivity contribution in [1.82, 2.24) is 0 Å². The van der Waals surface area contributed by atoms with Crippen molar-refractivity contribution in [2.45, 2.75) is 18.7 Å². The summed E-state index contributed by atoms with van der Waals surface area (Å²) < 4.78 is 0. The van der Waals surface area contributed by atoms with E-state index in [2.05, 4.69) is 0 Å². The molecule has 0 spiro atoms. The summed E-state index contributed by atoms with van der Waals surface area (Å²) in [6, 6.07) is 5.78. The van der Waals surface area contributed by atoms with Gasteiger partial charge in [-0.3, -0.25) is 14.9 Å². The van der Waals surface area contributed by atoms with Gasteiger partial charge in [0.15, 0.2) is 5.78 Å². The molecular weight excluding hydrogens is 242 g/mol. The number of ketones is 1. The number of nitro benzene ring substituents is 1. The predicted molar refractivity (Wildman–Crippen MR) is 65.0 cm³/mol. The maximum Gasteiger partial charge on any atom is 0.269 e. The zero-order valence-corrected chi connectivity index (χ0v) is 10.2. The number of nitrogens with zero attached hydrogens (tertiary/aromatic N) is 1. The Morgan fingerprint density at radius 1 is 1.29 bits per heavy atom. The molecule has 0 aromatic heterocycles. The van der Waals surface area contributed by atoms with Gasteiger partial charge in [0.1, 0.15) is 5.76 Å². The van der Waals surface area contributed by atoms with Crippen LogP contribution in [0.2, 0.25) is 0 Å². The smallest absolute Gasteiger partial charge is 0.269 e. The van der Waals surface area contributed by atoms with Gasteiger partial charge in [0.25, 0.3) is 5.69 Å². The van der Waals surface area contributed by atoms with Gasteiger partial charge in [-0.2, -0.15) is 0 Å². The van der Waals surface area contributed by atoms with E-state index in [-0.39, 0.29) is 22.1 Å². The number of rotatable bonds is 4. The van der Waals surface area contributed by atoms with Crippen LogP contribution in [0.5, 0.6) is 0 Å². The summed E-state index contributed by atoms with van der Waals surface area (Å²) in [6.45, 7) is 2.78. The summed E-state index contributed by atoms with van der Waals surface area (Å²) in [5.74, 6) is -0.297. The van der Waals surface area contributed by atoms with Crippen molar-refractivity contribution in [3.63, 3.8) is 0 Å². The van der Waals surface area contributed by atoms with Gasteiger partial charge in [-0.15, -0.1) is 0 Å². The molecule has 0 fully saturated rings. The molecule has 1 rings (SSSR count). The molecule has 0 heterocycles. The third kappa shape index (κ3) is 3.60. The minimum Gasteiger partial charge on any atom is -0.511 e. The highest BCUT2D eigenvalue weighted by Crippen LogP contribution is 2.30. The van der Waals surface area contributed by atoms with Crippen LogP contribution in [0.4, 0.5) is 5.69 Å². The highest BCUT2D eigenvalue weighted by Gasteiger charge is 2.11. The number of non-ortho nitro benzene ring substituents is 1. The Morgan fingerprint density at radius 2 is 1.82 bits per heavy atom. The number of thioether (sulfide) groups is 1. The fourth-order valence-corrected chi connectivity index (χ4v) is 1.95. The molecule has 1 aromatic rings. The molecule has 90 valence electrons. The summed E-state index contributed by atoms with van der Waals surface area (Å²) >= 11 is 1.08. The quantitative estimate of drug-likeness (QED) is 0.293. The molecule has 5 nitrogen and oxygen atoms in total. The van der Waals surface area contributed by atoms with Gasteiger partial charge < -0.3 is 5.11 Å². The van der Waals surface area contributed by atoms with Gasteiger partial charge >= 0.3 is 0 Å². The number of benzene rings is 1. The average Bonchev–Trinajstić information content (AvgIpc) is 2.25. The summed E-state index contributed by atoms with van der Waals surface area (Å²) in [4.78, 5) is 22.1. The first-order chi connectivity index (χ1) is 7.91. The molecule has 0 atom stereocenters. The zero-order chi connectivity index (χ0) is 13.0. The standard InChI is InChI=1S/C11H11NO4S/c1-7(13)11(8(2)14)17-10-5-3-9(4-6-10)12(15)16/h3-6,13H,1-2H3. The Labute approximate surface area is 102 Å². The zero-order valence-electron chi connectivity index (χ0n) is 9.34. The number of Topliss-reactive ketones (excluding diaryl/α,β-unsaturated/α-hetero) is 1. The minimum atomic E-state index is -0.493. The summed E-state index contributed by atoms with van der Waals surface area (Å²) in [7, 11) is 0. The lowest BCUT2D eigenvalue weighted by atomic mass is 10.3. The lowest BCUT2D eigenvalue weighted by Crippen LogP contribution is -1.96. The summed E-state index contributed by atoms with van der Waals surface area (Å²) in [6.07, 6.45) is 0. The van der Waals surface area contributed by atoms with Crippen molar-refractivity contribution in [2.24, 2.45) is 0 Å². The predicted octanol–water partition coefficient (Wildman–Crippen LogP) is 3.07. The number of hydrogen-bond acceptors (Lipinski definition) is 5. The van der Waals surface area contributed by atoms with Crippen LogP contribution >= 0.6 is 11.8 Å². The number of allylic oxidation sites excluding steroid dienone is 2. The number of nitro groups is 1. The minimum absolute atomic E-state index is 0.0107. The second-order valence-corrected chi connectivity index (χ2v) is 4.41. The van der Waals surface area contributed by atoms with Crippen molar-refractivity contribution in [1.29, 1.82) is 0 Å². The van der Waals surface area contributed by atoms with E-state index >= 15 is 0 Å². The number of aliphatic hydroxyl groups excluding tert-OH is 1. The number of carbonyl (C=O) groups excluding carboxylic acids is 1. The Kier molecular flexibility index (Phi) is 4.28. The van der Waals surface area contributed by atoms with E-state index in [0.717, 1.165) is 11.8 Å². The Balaban J connectivity index is 2.93. The molecule has 0 saturated carbocycles. The number of hydrogen-bond donors (Lipinski definition) is 1. The maximum atomic E-state index is 11.2. The topological polar surface area (TPSA) is 80.4 Å². The van der Waals surface area contributed by atoms with E-state index < -0.39 is 4.92 Å². The average molecular weight is 253 g/mol. The second kappa shape index (κ2) is 5.49. The molecule has 6 heteroatoms. The van der Waals surface area contributed by atoms with Crippen LogP contribution in [0.3, 0.4) is 0 Å². The molecule has 0 radical (unpaired) electrons. The molecule has 17 heavy (non-hydrogen) atoms. The number of aliphatic hydroxyl groups is 1.